The summed E-state index contributed by atoms with van der Waals surface area (Å²) in [5, 5.41) is 0. The van der Waals surface area contributed by atoms with Crippen molar-refractivity contribution in [1.82, 2.24) is 9.21 Å². The van der Waals surface area contributed by atoms with Gasteiger partial charge in [-0.25, -0.2) is 12.7 Å². The van der Waals surface area contributed by atoms with Crippen LogP contribution in [-0.2, 0) is 14.8 Å². The fourth-order valence-electron chi connectivity index (χ4n) is 3.22. The van der Waals surface area contributed by atoms with Crippen LogP contribution < -0.4 is 0 Å². The van der Waals surface area contributed by atoms with E-state index in [-0.39, 0.29) is 29.3 Å². The molecule has 0 aromatic heterocycles. The largest absolute Gasteiger partial charge is 0.342 e. The number of amides is 2. The minimum atomic E-state index is -3.82. The van der Waals surface area contributed by atoms with Gasteiger partial charge in [0.1, 0.15) is 4.90 Å². The van der Waals surface area contributed by atoms with Gasteiger partial charge in [-0.3, -0.25) is 9.59 Å². The van der Waals surface area contributed by atoms with Gasteiger partial charge in [0.05, 0.1) is 5.56 Å². The molecule has 1 saturated heterocycles. The van der Waals surface area contributed by atoms with E-state index in [9.17, 15) is 18.0 Å². The van der Waals surface area contributed by atoms with E-state index < -0.39 is 15.9 Å². The van der Waals surface area contributed by atoms with E-state index in [4.69, 9.17) is 0 Å². The first-order chi connectivity index (χ1) is 10.9. The number of nitrogens with zero attached hydrogens (tertiary/aromatic N) is 2. The van der Waals surface area contributed by atoms with Crippen molar-refractivity contribution in [1.29, 1.82) is 0 Å². The lowest BCUT2D eigenvalue weighted by molar-refractivity contribution is -0.132. The normalized spacial score (nSPS) is 23.0. The molecule has 2 heterocycles. The molecule has 1 aromatic carbocycles. The van der Waals surface area contributed by atoms with Crippen LogP contribution in [0, 0.1) is 5.92 Å². The third kappa shape index (κ3) is 2.85. The van der Waals surface area contributed by atoms with Crippen LogP contribution in [0.3, 0.4) is 0 Å². The summed E-state index contributed by atoms with van der Waals surface area (Å²) in [6, 6.07) is 6.16. The monoisotopic (exact) mass is 336 g/mol. The Balaban J connectivity index is 1.70. The average molecular weight is 336 g/mol. The summed E-state index contributed by atoms with van der Waals surface area (Å²) in [5.41, 5.74) is 0.187. The van der Waals surface area contributed by atoms with Gasteiger partial charge in [-0.1, -0.05) is 19.1 Å². The summed E-state index contributed by atoms with van der Waals surface area (Å²) >= 11 is 0. The van der Waals surface area contributed by atoms with Crippen LogP contribution in [0.5, 0.6) is 0 Å². The number of sulfonamides is 1. The second-order valence-corrected chi connectivity index (χ2v) is 8.05. The number of piperidine rings is 1. The van der Waals surface area contributed by atoms with Gasteiger partial charge in [0.2, 0.25) is 5.91 Å². The fourth-order valence-corrected chi connectivity index (χ4v) is 4.79. The third-order valence-corrected chi connectivity index (χ3v) is 6.29. The van der Waals surface area contributed by atoms with E-state index in [0.717, 1.165) is 17.1 Å². The molecule has 1 aromatic rings. The van der Waals surface area contributed by atoms with Gasteiger partial charge in [-0.2, -0.15) is 0 Å². The van der Waals surface area contributed by atoms with E-state index in [1.54, 1.807) is 17.0 Å². The highest BCUT2D eigenvalue weighted by molar-refractivity contribution is 7.90. The van der Waals surface area contributed by atoms with Gasteiger partial charge in [0, 0.05) is 26.1 Å². The zero-order chi connectivity index (χ0) is 16.6. The fraction of sp³-hybridized carbons (Fsp3) is 0.500. The molecular formula is C16H20N2O4S. The minimum absolute atomic E-state index is 0.0315. The van der Waals surface area contributed by atoms with Gasteiger partial charge >= 0.3 is 0 Å². The van der Waals surface area contributed by atoms with Gasteiger partial charge in [0.25, 0.3) is 15.9 Å². The highest BCUT2D eigenvalue weighted by atomic mass is 32.2. The summed E-state index contributed by atoms with van der Waals surface area (Å²) < 4.78 is 25.7. The van der Waals surface area contributed by atoms with Crippen molar-refractivity contribution in [3.8, 4) is 0 Å². The van der Waals surface area contributed by atoms with Crippen molar-refractivity contribution in [2.24, 2.45) is 5.92 Å². The maximum absolute atomic E-state index is 12.4. The Kier molecular flexibility index (Phi) is 4.14. The number of hydrogen-bond donors (Lipinski definition) is 0. The van der Waals surface area contributed by atoms with E-state index in [1.165, 1.54) is 12.1 Å². The van der Waals surface area contributed by atoms with Gasteiger partial charge in [0.15, 0.2) is 0 Å². The molecule has 0 unspecified atom stereocenters. The number of carbonyl (C=O) groups is 2. The first-order valence-corrected chi connectivity index (χ1v) is 9.29. The minimum Gasteiger partial charge on any atom is -0.342 e. The van der Waals surface area contributed by atoms with Crippen molar-refractivity contribution >= 4 is 21.8 Å². The first-order valence-electron chi connectivity index (χ1n) is 7.85. The van der Waals surface area contributed by atoms with Gasteiger partial charge in [-0.15, -0.1) is 0 Å². The van der Waals surface area contributed by atoms with Crippen molar-refractivity contribution in [3.05, 3.63) is 29.8 Å². The van der Waals surface area contributed by atoms with E-state index >= 15 is 0 Å². The van der Waals surface area contributed by atoms with Crippen molar-refractivity contribution in [3.63, 3.8) is 0 Å². The Labute approximate surface area is 136 Å². The van der Waals surface area contributed by atoms with Crippen LogP contribution in [0.2, 0.25) is 0 Å². The third-order valence-electron chi connectivity index (χ3n) is 4.45. The molecule has 0 saturated carbocycles. The number of carbonyl (C=O) groups excluding carboxylic acids is 2. The quantitative estimate of drug-likeness (QED) is 0.838. The highest BCUT2D eigenvalue weighted by Crippen LogP contribution is 2.30. The van der Waals surface area contributed by atoms with E-state index in [1.807, 2.05) is 0 Å². The molecule has 3 rings (SSSR count). The zero-order valence-corrected chi connectivity index (χ0v) is 13.9. The van der Waals surface area contributed by atoms with Crippen LogP contribution in [-0.4, -0.2) is 49.1 Å². The van der Waals surface area contributed by atoms with Crippen LogP contribution >= 0.6 is 0 Å². The maximum Gasteiger partial charge on any atom is 0.269 e. The molecule has 2 amide bonds. The first kappa shape index (κ1) is 16.0. The Bertz CT molecular complexity index is 744. The average Bonchev–Trinajstić information content (AvgIpc) is 2.73. The smallest absolute Gasteiger partial charge is 0.269 e. The Morgan fingerprint density at radius 1 is 1.30 bits per heavy atom. The molecular weight excluding hydrogens is 316 g/mol. The molecule has 0 N–H and O–H groups in total. The molecule has 0 bridgehead atoms. The molecule has 1 fully saturated rings. The Morgan fingerprint density at radius 3 is 2.74 bits per heavy atom. The number of fused-ring (bicyclic) bond motifs is 1. The predicted molar refractivity (Wildman–Crippen MR) is 84.3 cm³/mol. The lowest BCUT2D eigenvalue weighted by Gasteiger charge is -2.31. The molecule has 1 atom stereocenters. The predicted octanol–water partition coefficient (Wildman–Crippen LogP) is 1.48. The zero-order valence-electron chi connectivity index (χ0n) is 13.1. The van der Waals surface area contributed by atoms with Crippen molar-refractivity contribution < 1.29 is 18.0 Å². The van der Waals surface area contributed by atoms with Gasteiger partial charge < -0.3 is 4.90 Å². The number of likely N-dealkylation sites (tertiary alicyclic amines) is 1. The van der Waals surface area contributed by atoms with Crippen LogP contribution in [0.15, 0.2) is 29.2 Å². The molecule has 23 heavy (non-hydrogen) atoms. The van der Waals surface area contributed by atoms with Crippen molar-refractivity contribution in [2.75, 3.05) is 19.6 Å². The van der Waals surface area contributed by atoms with E-state index in [2.05, 4.69) is 6.92 Å². The van der Waals surface area contributed by atoms with E-state index in [0.29, 0.717) is 19.0 Å². The van der Waals surface area contributed by atoms with Crippen LogP contribution in [0.4, 0.5) is 0 Å². The molecule has 2 aliphatic rings. The number of hydrogen-bond acceptors (Lipinski definition) is 4. The number of rotatable bonds is 3. The lowest BCUT2D eigenvalue weighted by atomic mass is 10.00. The highest BCUT2D eigenvalue weighted by Gasteiger charge is 2.40. The van der Waals surface area contributed by atoms with Gasteiger partial charge in [-0.05, 0) is 30.9 Å². The molecule has 0 spiro atoms. The number of benzene rings is 1. The molecule has 7 heteroatoms. The summed E-state index contributed by atoms with van der Waals surface area (Å²) in [7, 11) is -3.82. The van der Waals surface area contributed by atoms with Crippen molar-refractivity contribution in [2.45, 2.75) is 31.1 Å². The summed E-state index contributed by atoms with van der Waals surface area (Å²) in [5.74, 6) is -0.162. The SMILES string of the molecule is C[C@@H]1CCCN(C(=O)CCN2C(=O)c3ccccc3S2(=O)=O)C1. The topological polar surface area (TPSA) is 74.8 Å². The second-order valence-electron chi connectivity index (χ2n) is 6.22. The lowest BCUT2D eigenvalue weighted by Crippen LogP contribution is -2.41. The summed E-state index contributed by atoms with van der Waals surface area (Å²) in [6.45, 7) is 3.42. The molecule has 124 valence electrons. The van der Waals surface area contributed by atoms with Crippen LogP contribution in [0.1, 0.15) is 36.5 Å². The molecule has 0 aliphatic carbocycles. The summed E-state index contributed by atoms with van der Waals surface area (Å²) in [4.78, 5) is 26.4. The second kappa shape index (κ2) is 5.96. The molecule has 2 aliphatic heterocycles. The van der Waals surface area contributed by atoms with Crippen LogP contribution in [0.25, 0.3) is 0 Å². The Morgan fingerprint density at radius 2 is 2.04 bits per heavy atom. The Hall–Kier alpha value is -1.89. The maximum atomic E-state index is 12.4. The molecule has 0 radical (unpaired) electrons. The molecule has 6 nitrogen and oxygen atoms in total. The standard InChI is InChI=1S/C16H20N2O4S/c1-12-5-4-9-17(11-12)15(19)8-10-18-16(20)13-6-2-3-7-14(13)23(18,21)22/h2-3,6-7,12H,4-5,8-11H2,1H3/t12-/m1/s1. The summed E-state index contributed by atoms with van der Waals surface area (Å²) in [6.07, 6.45) is 2.11.